The summed E-state index contributed by atoms with van der Waals surface area (Å²) in [6, 6.07) is 17.2. The van der Waals surface area contributed by atoms with Crippen LogP contribution in [0.15, 0.2) is 59.6 Å². The van der Waals surface area contributed by atoms with E-state index in [1.54, 1.807) is 6.21 Å². The standard InChI is InChI=1S/C20H23NO2/c1-15(2)19(21-13-17-11-9-16(3)10-12-17)20(22)23-14-18-7-5-4-6-8-18/h4-13,15,19H,14H2,1-3H3/t19-/m0/s1. The minimum atomic E-state index is -0.486. The number of aryl methyl sites for hydroxylation is 1. The number of ether oxygens (including phenoxy) is 1. The number of nitrogens with zero attached hydrogens (tertiary/aromatic N) is 1. The van der Waals surface area contributed by atoms with E-state index in [4.69, 9.17) is 4.74 Å². The topological polar surface area (TPSA) is 38.7 Å². The summed E-state index contributed by atoms with van der Waals surface area (Å²) in [5, 5.41) is 0. The molecule has 120 valence electrons. The fraction of sp³-hybridized carbons (Fsp3) is 0.300. The predicted octanol–water partition coefficient (Wildman–Crippen LogP) is 4.18. The molecule has 0 unspecified atom stereocenters. The molecule has 23 heavy (non-hydrogen) atoms. The van der Waals surface area contributed by atoms with E-state index in [-0.39, 0.29) is 18.5 Å². The van der Waals surface area contributed by atoms with E-state index in [0.717, 1.165) is 11.1 Å². The highest BCUT2D eigenvalue weighted by atomic mass is 16.5. The van der Waals surface area contributed by atoms with Crippen molar-refractivity contribution in [2.24, 2.45) is 10.9 Å². The molecular weight excluding hydrogens is 286 g/mol. The molecule has 2 aromatic carbocycles. The summed E-state index contributed by atoms with van der Waals surface area (Å²) in [4.78, 5) is 16.7. The van der Waals surface area contributed by atoms with Gasteiger partial charge in [0.05, 0.1) is 0 Å². The Balaban J connectivity index is 1.99. The molecular formula is C20H23NO2. The second-order valence-corrected chi connectivity index (χ2v) is 5.97. The highest BCUT2D eigenvalue weighted by Gasteiger charge is 2.22. The summed E-state index contributed by atoms with van der Waals surface area (Å²) >= 11 is 0. The summed E-state index contributed by atoms with van der Waals surface area (Å²) in [5.41, 5.74) is 3.16. The van der Waals surface area contributed by atoms with Crippen molar-refractivity contribution in [2.75, 3.05) is 0 Å². The number of benzene rings is 2. The van der Waals surface area contributed by atoms with E-state index in [9.17, 15) is 4.79 Å². The zero-order chi connectivity index (χ0) is 16.7. The number of esters is 1. The van der Waals surface area contributed by atoms with Gasteiger partial charge in [-0.15, -0.1) is 0 Å². The van der Waals surface area contributed by atoms with Crippen LogP contribution in [0.2, 0.25) is 0 Å². The molecule has 0 heterocycles. The Morgan fingerprint density at radius 1 is 1.09 bits per heavy atom. The van der Waals surface area contributed by atoms with Crippen LogP contribution in [0, 0.1) is 12.8 Å². The van der Waals surface area contributed by atoms with Crippen molar-refractivity contribution >= 4 is 12.2 Å². The summed E-state index contributed by atoms with van der Waals surface area (Å²) in [7, 11) is 0. The van der Waals surface area contributed by atoms with E-state index in [1.807, 2.05) is 75.4 Å². The molecule has 2 rings (SSSR count). The largest absolute Gasteiger partial charge is 0.459 e. The molecule has 0 bridgehead atoms. The van der Waals surface area contributed by atoms with Crippen LogP contribution in [0.1, 0.15) is 30.5 Å². The first-order valence-electron chi connectivity index (χ1n) is 7.86. The van der Waals surface area contributed by atoms with E-state index in [2.05, 4.69) is 4.99 Å². The van der Waals surface area contributed by atoms with Gasteiger partial charge in [0.25, 0.3) is 0 Å². The minimum Gasteiger partial charge on any atom is -0.459 e. The van der Waals surface area contributed by atoms with Crippen molar-refractivity contribution in [3.05, 3.63) is 71.3 Å². The van der Waals surface area contributed by atoms with Gasteiger partial charge >= 0.3 is 5.97 Å². The van der Waals surface area contributed by atoms with Gasteiger partial charge in [0, 0.05) is 6.21 Å². The first kappa shape index (κ1) is 16.9. The van der Waals surface area contributed by atoms with Gasteiger partial charge < -0.3 is 4.74 Å². The number of aliphatic imine (C=N–C) groups is 1. The van der Waals surface area contributed by atoms with E-state index >= 15 is 0 Å². The number of carbonyl (C=O) groups is 1. The van der Waals surface area contributed by atoms with Crippen LogP contribution < -0.4 is 0 Å². The molecule has 0 saturated carbocycles. The van der Waals surface area contributed by atoms with E-state index in [0.29, 0.717) is 0 Å². The quantitative estimate of drug-likeness (QED) is 0.593. The second kappa shape index (κ2) is 8.28. The predicted molar refractivity (Wildman–Crippen MR) is 93.6 cm³/mol. The average molecular weight is 309 g/mol. The molecule has 0 amide bonds. The van der Waals surface area contributed by atoms with Crippen molar-refractivity contribution in [3.8, 4) is 0 Å². The number of rotatable bonds is 6. The molecule has 0 N–H and O–H groups in total. The molecule has 1 atom stereocenters. The molecule has 0 aliphatic rings. The van der Waals surface area contributed by atoms with Gasteiger partial charge in [-0.2, -0.15) is 0 Å². The van der Waals surface area contributed by atoms with Crippen LogP contribution in [0.25, 0.3) is 0 Å². The van der Waals surface area contributed by atoms with Gasteiger partial charge in [-0.05, 0) is 24.0 Å². The van der Waals surface area contributed by atoms with E-state index in [1.165, 1.54) is 5.56 Å². The summed E-state index contributed by atoms with van der Waals surface area (Å²) < 4.78 is 5.41. The van der Waals surface area contributed by atoms with E-state index < -0.39 is 6.04 Å². The third-order valence-corrected chi connectivity index (χ3v) is 3.56. The van der Waals surface area contributed by atoms with Crippen molar-refractivity contribution in [3.63, 3.8) is 0 Å². The van der Waals surface area contributed by atoms with Crippen molar-refractivity contribution in [1.82, 2.24) is 0 Å². The zero-order valence-electron chi connectivity index (χ0n) is 13.9. The number of hydrogen-bond donors (Lipinski definition) is 0. The van der Waals surface area contributed by atoms with Gasteiger partial charge in [0.2, 0.25) is 0 Å². The van der Waals surface area contributed by atoms with Crippen molar-refractivity contribution < 1.29 is 9.53 Å². The summed E-state index contributed by atoms with van der Waals surface area (Å²) in [5.74, 6) is -0.202. The molecule has 0 aliphatic carbocycles. The minimum absolute atomic E-state index is 0.0833. The number of carbonyl (C=O) groups excluding carboxylic acids is 1. The zero-order valence-corrected chi connectivity index (χ0v) is 13.9. The monoisotopic (exact) mass is 309 g/mol. The highest BCUT2D eigenvalue weighted by molar-refractivity contribution is 5.84. The Kier molecular flexibility index (Phi) is 6.10. The van der Waals surface area contributed by atoms with Crippen LogP contribution in [0.3, 0.4) is 0 Å². The maximum Gasteiger partial charge on any atom is 0.331 e. The molecule has 3 nitrogen and oxygen atoms in total. The SMILES string of the molecule is Cc1ccc(C=N[C@H](C(=O)OCc2ccccc2)C(C)C)cc1. The van der Waals surface area contributed by atoms with Gasteiger partial charge in [0.15, 0.2) is 0 Å². The fourth-order valence-electron chi connectivity index (χ4n) is 2.14. The van der Waals surface area contributed by atoms with Gasteiger partial charge in [0.1, 0.15) is 12.6 Å². The number of hydrogen-bond acceptors (Lipinski definition) is 3. The van der Waals surface area contributed by atoms with Crippen LogP contribution in [0.5, 0.6) is 0 Å². The van der Waals surface area contributed by atoms with Crippen molar-refractivity contribution in [1.29, 1.82) is 0 Å². The lowest BCUT2D eigenvalue weighted by Crippen LogP contribution is -2.27. The second-order valence-electron chi connectivity index (χ2n) is 5.97. The van der Waals surface area contributed by atoms with Crippen LogP contribution in [-0.4, -0.2) is 18.2 Å². The molecule has 0 radical (unpaired) electrons. The van der Waals surface area contributed by atoms with Crippen molar-refractivity contribution in [2.45, 2.75) is 33.4 Å². The molecule has 3 heteroatoms. The molecule has 0 aromatic heterocycles. The Labute approximate surface area is 138 Å². The van der Waals surface area contributed by atoms with Gasteiger partial charge in [-0.25, -0.2) is 4.79 Å². The highest BCUT2D eigenvalue weighted by Crippen LogP contribution is 2.11. The van der Waals surface area contributed by atoms with Gasteiger partial charge in [-0.3, -0.25) is 4.99 Å². The Hall–Kier alpha value is -2.42. The average Bonchev–Trinajstić information content (AvgIpc) is 2.55. The summed E-state index contributed by atoms with van der Waals surface area (Å²) in [6.07, 6.45) is 1.74. The third kappa shape index (κ3) is 5.37. The molecule has 0 fully saturated rings. The lowest BCUT2D eigenvalue weighted by molar-refractivity contribution is -0.147. The first-order valence-corrected chi connectivity index (χ1v) is 7.86. The normalized spacial score (nSPS) is 12.5. The lowest BCUT2D eigenvalue weighted by Gasteiger charge is -2.15. The van der Waals surface area contributed by atoms with Crippen LogP contribution >= 0.6 is 0 Å². The molecule has 0 aliphatic heterocycles. The lowest BCUT2D eigenvalue weighted by atomic mass is 10.1. The Morgan fingerprint density at radius 3 is 2.35 bits per heavy atom. The Morgan fingerprint density at radius 2 is 1.74 bits per heavy atom. The van der Waals surface area contributed by atoms with Gasteiger partial charge in [-0.1, -0.05) is 74.0 Å². The fourth-order valence-corrected chi connectivity index (χ4v) is 2.14. The first-order chi connectivity index (χ1) is 11.1. The molecule has 0 spiro atoms. The summed E-state index contributed by atoms with van der Waals surface area (Å²) in [6.45, 7) is 6.27. The van der Waals surface area contributed by atoms with Crippen LogP contribution in [-0.2, 0) is 16.1 Å². The molecule has 0 saturated heterocycles. The molecule has 2 aromatic rings. The van der Waals surface area contributed by atoms with Crippen LogP contribution in [0.4, 0.5) is 0 Å². The smallest absolute Gasteiger partial charge is 0.331 e. The third-order valence-electron chi connectivity index (χ3n) is 3.56. The maximum atomic E-state index is 12.3. The Bertz CT molecular complexity index is 645. The maximum absolute atomic E-state index is 12.3.